The summed E-state index contributed by atoms with van der Waals surface area (Å²) in [4.78, 5) is 16.1. The number of nitrogens with zero attached hydrogens (tertiary/aromatic N) is 3. The molecule has 0 unspecified atom stereocenters. The summed E-state index contributed by atoms with van der Waals surface area (Å²) in [5.74, 6) is -0.247. The van der Waals surface area contributed by atoms with Crippen molar-refractivity contribution >= 4 is 23.2 Å². The van der Waals surface area contributed by atoms with Crippen LogP contribution in [0.3, 0.4) is 0 Å². The minimum atomic E-state index is -0.353. The zero-order valence-corrected chi connectivity index (χ0v) is 11.7. The Labute approximate surface area is 126 Å². The number of aromatic nitrogens is 3. The Morgan fingerprint density at radius 1 is 1.05 bits per heavy atom. The van der Waals surface area contributed by atoms with E-state index in [2.05, 4.69) is 15.4 Å². The van der Waals surface area contributed by atoms with Crippen molar-refractivity contribution in [1.82, 2.24) is 14.8 Å². The summed E-state index contributed by atoms with van der Waals surface area (Å²) in [6.45, 7) is 0. The van der Waals surface area contributed by atoms with Gasteiger partial charge in [0.2, 0.25) is 5.82 Å². The summed E-state index contributed by atoms with van der Waals surface area (Å²) in [7, 11) is 0. The normalized spacial score (nSPS) is 10.3. The molecule has 6 heteroatoms. The van der Waals surface area contributed by atoms with Crippen molar-refractivity contribution in [2.24, 2.45) is 0 Å². The van der Waals surface area contributed by atoms with Crippen LogP contribution in [0.4, 0.5) is 5.69 Å². The quantitative estimate of drug-likeness (QED) is 0.808. The molecule has 3 aromatic rings. The Morgan fingerprint density at radius 2 is 1.76 bits per heavy atom. The molecule has 0 fully saturated rings. The second-order valence-electron chi connectivity index (χ2n) is 4.31. The number of hydrogen-bond donors (Lipinski definition) is 1. The van der Waals surface area contributed by atoms with E-state index in [1.165, 1.54) is 11.0 Å². The van der Waals surface area contributed by atoms with E-state index in [9.17, 15) is 4.79 Å². The highest BCUT2D eigenvalue weighted by Gasteiger charge is 2.12. The fourth-order valence-electron chi connectivity index (χ4n) is 1.79. The van der Waals surface area contributed by atoms with Crippen LogP contribution >= 0.6 is 11.6 Å². The van der Waals surface area contributed by atoms with Crippen LogP contribution in [0.2, 0.25) is 5.02 Å². The maximum absolute atomic E-state index is 12.0. The topological polar surface area (TPSA) is 59.8 Å². The molecule has 1 N–H and O–H groups in total. The molecule has 3 rings (SSSR count). The van der Waals surface area contributed by atoms with Gasteiger partial charge in [-0.25, -0.2) is 9.67 Å². The first-order chi connectivity index (χ1) is 10.2. The van der Waals surface area contributed by atoms with E-state index in [1.54, 1.807) is 36.4 Å². The monoisotopic (exact) mass is 298 g/mol. The predicted molar refractivity (Wildman–Crippen MR) is 80.8 cm³/mol. The first kappa shape index (κ1) is 13.3. The summed E-state index contributed by atoms with van der Waals surface area (Å²) in [6.07, 6.45) is 1.49. The molecular weight excluding hydrogens is 288 g/mol. The number of hydrogen-bond acceptors (Lipinski definition) is 3. The van der Waals surface area contributed by atoms with E-state index in [0.717, 1.165) is 5.69 Å². The lowest BCUT2D eigenvalue weighted by molar-refractivity contribution is 0.101. The summed E-state index contributed by atoms with van der Waals surface area (Å²) in [5, 5.41) is 7.53. The highest BCUT2D eigenvalue weighted by Crippen LogP contribution is 2.13. The van der Waals surface area contributed by atoms with Gasteiger partial charge in [-0.15, -0.1) is 5.10 Å². The van der Waals surface area contributed by atoms with Gasteiger partial charge in [0.1, 0.15) is 6.33 Å². The number of benzene rings is 2. The largest absolute Gasteiger partial charge is 0.319 e. The Morgan fingerprint density at radius 3 is 2.48 bits per heavy atom. The molecule has 0 atom stereocenters. The number of halogens is 1. The average molecular weight is 299 g/mol. The third-order valence-corrected chi connectivity index (χ3v) is 3.07. The number of nitrogens with one attached hydrogen (secondary N) is 1. The standard InChI is InChI=1S/C15H11ClN4O/c16-11-6-8-13(9-7-11)20-10-17-14(19-20)15(21)18-12-4-2-1-3-5-12/h1-10H,(H,18,21). The summed E-state index contributed by atoms with van der Waals surface area (Å²) >= 11 is 5.84. The molecule has 0 saturated carbocycles. The molecule has 5 nitrogen and oxygen atoms in total. The Balaban J connectivity index is 1.78. The van der Waals surface area contributed by atoms with Gasteiger partial charge in [-0.3, -0.25) is 4.79 Å². The van der Waals surface area contributed by atoms with Crippen molar-refractivity contribution in [3.8, 4) is 5.69 Å². The molecule has 1 amide bonds. The van der Waals surface area contributed by atoms with Gasteiger partial charge in [-0.1, -0.05) is 29.8 Å². The van der Waals surface area contributed by atoms with Crippen LogP contribution in [0, 0.1) is 0 Å². The van der Waals surface area contributed by atoms with E-state index in [1.807, 2.05) is 18.2 Å². The maximum atomic E-state index is 12.0. The maximum Gasteiger partial charge on any atom is 0.295 e. The van der Waals surface area contributed by atoms with Gasteiger partial charge in [-0.05, 0) is 36.4 Å². The van der Waals surface area contributed by atoms with Gasteiger partial charge in [0, 0.05) is 10.7 Å². The SMILES string of the molecule is O=C(Nc1ccccc1)c1ncn(-c2ccc(Cl)cc2)n1. The van der Waals surface area contributed by atoms with Crippen molar-refractivity contribution in [1.29, 1.82) is 0 Å². The average Bonchev–Trinajstić information content (AvgIpc) is 2.99. The summed E-state index contributed by atoms with van der Waals surface area (Å²) in [5.41, 5.74) is 1.48. The molecule has 21 heavy (non-hydrogen) atoms. The molecule has 0 aliphatic heterocycles. The molecule has 1 aromatic heterocycles. The van der Waals surface area contributed by atoms with E-state index >= 15 is 0 Å². The zero-order valence-electron chi connectivity index (χ0n) is 10.9. The molecule has 104 valence electrons. The zero-order chi connectivity index (χ0) is 14.7. The van der Waals surface area contributed by atoms with Gasteiger partial charge in [0.15, 0.2) is 0 Å². The fraction of sp³-hybridized carbons (Fsp3) is 0. The second-order valence-corrected chi connectivity index (χ2v) is 4.75. The van der Waals surface area contributed by atoms with Crippen molar-refractivity contribution in [2.45, 2.75) is 0 Å². The van der Waals surface area contributed by atoms with Crippen LogP contribution in [-0.2, 0) is 0 Å². The van der Waals surface area contributed by atoms with Crippen LogP contribution in [0.25, 0.3) is 5.69 Å². The summed E-state index contributed by atoms with van der Waals surface area (Å²) < 4.78 is 1.52. The number of carbonyl (C=O) groups is 1. The van der Waals surface area contributed by atoms with Crippen LogP contribution in [0.15, 0.2) is 60.9 Å². The van der Waals surface area contributed by atoms with Gasteiger partial charge in [0.05, 0.1) is 5.69 Å². The number of anilines is 1. The number of para-hydroxylation sites is 1. The van der Waals surface area contributed by atoms with E-state index in [-0.39, 0.29) is 11.7 Å². The first-order valence-corrected chi connectivity index (χ1v) is 6.64. The predicted octanol–water partition coefficient (Wildman–Crippen LogP) is 3.17. The van der Waals surface area contributed by atoms with Crippen molar-refractivity contribution < 1.29 is 4.79 Å². The third-order valence-electron chi connectivity index (χ3n) is 2.82. The molecule has 0 aliphatic carbocycles. The number of rotatable bonds is 3. The van der Waals surface area contributed by atoms with Crippen molar-refractivity contribution in [3.63, 3.8) is 0 Å². The van der Waals surface area contributed by atoms with Crippen LogP contribution in [0.5, 0.6) is 0 Å². The Kier molecular flexibility index (Phi) is 3.66. The van der Waals surface area contributed by atoms with E-state index < -0.39 is 0 Å². The Bertz CT molecular complexity index is 753. The lowest BCUT2D eigenvalue weighted by atomic mass is 10.3. The molecule has 0 radical (unpaired) electrons. The third kappa shape index (κ3) is 3.09. The minimum absolute atomic E-state index is 0.105. The first-order valence-electron chi connectivity index (χ1n) is 6.26. The van der Waals surface area contributed by atoms with Crippen LogP contribution in [0.1, 0.15) is 10.6 Å². The van der Waals surface area contributed by atoms with Gasteiger partial charge in [-0.2, -0.15) is 0 Å². The molecule has 1 heterocycles. The smallest absolute Gasteiger partial charge is 0.295 e. The fourth-order valence-corrected chi connectivity index (χ4v) is 1.92. The molecule has 0 spiro atoms. The minimum Gasteiger partial charge on any atom is -0.319 e. The van der Waals surface area contributed by atoms with Crippen molar-refractivity contribution in [3.05, 3.63) is 71.8 Å². The highest BCUT2D eigenvalue weighted by atomic mass is 35.5. The van der Waals surface area contributed by atoms with Crippen molar-refractivity contribution in [2.75, 3.05) is 5.32 Å². The lowest BCUT2D eigenvalue weighted by Gasteiger charge is -2.01. The Hall–Kier alpha value is -2.66. The molecular formula is C15H11ClN4O. The molecule has 0 bridgehead atoms. The molecule has 0 saturated heterocycles. The van der Waals surface area contributed by atoms with E-state index in [0.29, 0.717) is 10.7 Å². The molecule has 2 aromatic carbocycles. The number of carbonyl (C=O) groups excluding carboxylic acids is 1. The van der Waals surface area contributed by atoms with Gasteiger partial charge < -0.3 is 5.32 Å². The lowest BCUT2D eigenvalue weighted by Crippen LogP contribution is -2.14. The summed E-state index contributed by atoms with van der Waals surface area (Å²) in [6, 6.07) is 16.3. The van der Waals surface area contributed by atoms with Crippen LogP contribution < -0.4 is 5.32 Å². The van der Waals surface area contributed by atoms with Gasteiger partial charge in [0.25, 0.3) is 5.91 Å². The molecule has 0 aliphatic rings. The van der Waals surface area contributed by atoms with Crippen LogP contribution in [-0.4, -0.2) is 20.7 Å². The number of amides is 1. The highest BCUT2D eigenvalue weighted by molar-refractivity contribution is 6.30. The van der Waals surface area contributed by atoms with E-state index in [4.69, 9.17) is 11.6 Å². The van der Waals surface area contributed by atoms with Gasteiger partial charge >= 0.3 is 0 Å². The second kappa shape index (κ2) is 5.76.